The number of nitrogens with zero attached hydrogens (tertiary/aromatic N) is 6. The molecule has 0 aliphatic carbocycles. The average Bonchev–Trinajstić information content (AvgIpc) is 3.38. The molecule has 35 heavy (non-hydrogen) atoms. The second-order valence-electron chi connectivity index (χ2n) is 9.50. The standard InChI is InChI=1S/C24H27F2N7O2/c1-16(25)21(34)33-11-9-28-14-24(33,6-7-27)19-18-4-2-8-29-20(18)31-22(30-19)35-15-23-5-3-10-32(23)13-17(26)12-23/h2,4,8,17,28H,1,3,5-6,9-15H2/t17-,23+,24?/m1/s1. The van der Waals surface area contributed by atoms with E-state index in [0.29, 0.717) is 36.2 Å². The van der Waals surface area contributed by atoms with Crippen molar-refractivity contribution in [1.82, 2.24) is 30.1 Å². The number of piperazine rings is 1. The average molecular weight is 484 g/mol. The number of ether oxygens (including phenoxy) is 1. The van der Waals surface area contributed by atoms with Gasteiger partial charge in [-0.1, -0.05) is 6.58 Å². The van der Waals surface area contributed by atoms with Crippen molar-refractivity contribution in [3.05, 3.63) is 36.4 Å². The van der Waals surface area contributed by atoms with E-state index in [9.17, 15) is 18.8 Å². The largest absolute Gasteiger partial charge is 0.461 e. The van der Waals surface area contributed by atoms with Gasteiger partial charge in [-0.05, 0) is 31.5 Å². The zero-order chi connectivity index (χ0) is 24.6. The molecule has 1 unspecified atom stereocenters. The Balaban J connectivity index is 1.58. The van der Waals surface area contributed by atoms with Crippen molar-refractivity contribution in [3.63, 3.8) is 0 Å². The van der Waals surface area contributed by atoms with E-state index in [1.807, 2.05) is 0 Å². The molecule has 3 fully saturated rings. The van der Waals surface area contributed by atoms with Crippen molar-refractivity contribution in [2.75, 3.05) is 39.3 Å². The minimum atomic E-state index is -1.28. The second kappa shape index (κ2) is 9.09. The molecule has 1 amide bonds. The zero-order valence-electron chi connectivity index (χ0n) is 19.3. The molecule has 3 aliphatic rings. The number of aromatic nitrogens is 3. The molecule has 184 valence electrons. The topological polar surface area (TPSA) is 107 Å². The van der Waals surface area contributed by atoms with Crippen LogP contribution in [0, 0.1) is 11.3 Å². The van der Waals surface area contributed by atoms with Gasteiger partial charge in [-0.15, -0.1) is 0 Å². The van der Waals surface area contributed by atoms with Gasteiger partial charge in [0.05, 0.1) is 23.7 Å². The predicted molar refractivity (Wildman–Crippen MR) is 123 cm³/mol. The van der Waals surface area contributed by atoms with Gasteiger partial charge < -0.3 is 15.0 Å². The molecule has 1 N–H and O–H groups in total. The maximum Gasteiger partial charge on any atom is 0.318 e. The quantitative estimate of drug-likeness (QED) is 0.622. The summed E-state index contributed by atoms with van der Waals surface area (Å²) in [5.41, 5.74) is -0.995. The second-order valence-corrected chi connectivity index (χ2v) is 9.50. The highest BCUT2D eigenvalue weighted by molar-refractivity contribution is 5.92. The van der Waals surface area contributed by atoms with E-state index in [1.54, 1.807) is 18.3 Å². The van der Waals surface area contributed by atoms with Gasteiger partial charge in [-0.25, -0.2) is 13.8 Å². The van der Waals surface area contributed by atoms with Crippen LogP contribution in [0.5, 0.6) is 6.01 Å². The van der Waals surface area contributed by atoms with Crippen molar-refractivity contribution >= 4 is 16.9 Å². The Morgan fingerprint density at radius 2 is 2.26 bits per heavy atom. The number of amides is 1. The normalized spacial score (nSPS) is 28.6. The molecule has 0 spiro atoms. The van der Waals surface area contributed by atoms with Gasteiger partial charge in [0.15, 0.2) is 11.5 Å². The summed E-state index contributed by atoms with van der Waals surface area (Å²) in [7, 11) is 0. The van der Waals surface area contributed by atoms with Crippen molar-refractivity contribution in [3.8, 4) is 12.1 Å². The molecule has 0 saturated carbocycles. The van der Waals surface area contributed by atoms with Crippen LogP contribution in [-0.4, -0.2) is 81.7 Å². The van der Waals surface area contributed by atoms with Gasteiger partial charge in [0.2, 0.25) is 0 Å². The van der Waals surface area contributed by atoms with Crippen LogP contribution in [0.3, 0.4) is 0 Å². The lowest BCUT2D eigenvalue weighted by atomic mass is 9.85. The summed E-state index contributed by atoms with van der Waals surface area (Å²) in [5.74, 6) is -2.00. The summed E-state index contributed by atoms with van der Waals surface area (Å²) in [6, 6.07) is 5.64. The fourth-order valence-corrected chi connectivity index (χ4v) is 5.83. The summed E-state index contributed by atoms with van der Waals surface area (Å²) in [6.45, 7) is 5.40. The van der Waals surface area contributed by atoms with E-state index in [0.717, 1.165) is 19.4 Å². The van der Waals surface area contributed by atoms with E-state index in [4.69, 9.17) is 4.74 Å². The van der Waals surface area contributed by atoms with Gasteiger partial charge in [-0.3, -0.25) is 9.69 Å². The highest BCUT2D eigenvalue weighted by atomic mass is 19.1. The Labute approximate surface area is 201 Å². The third kappa shape index (κ3) is 4.00. The Bertz CT molecular complexity index is 1200. The maximum atomic E-state index is 14.2. The van der Waals surface area contributed by atoms with Gasteiger partial charge in [0.1, 0.15) is 18.3 Å². The van der Waals surface area contributed by atoms with E-state index in [1.165, 1.54) is 4.90 Å². The molecule has 0 aromatic carbocycles. The van der Waals surface area contributed by atoms with E-state index >= 15 is 0 Å². The molecule has 0 radical (unpaired) electrons. The Kier molecular flexibility index (Phi) is 6.11. The summed E-state index contributed by atoms with van der Waals surface area (Å²) >= 11 is 0. The number of alkyl halides is 1. The number of rotatable bonds is 6. The highest BCUT2D eigenvalue weighted by Gasteiger charge is 2.50. The van der Waals surface area contributed by atoms with Crippen LogP contribution < -0.4 is 10.1 Å². The van der Waals surface area contributed by atoms with E-state index < -0.39 is 29.0 Å². The molecule has 5 rings (SSSR count). The first-order chi connectivity index (χ1) is 16.9. The molecular formula is C24H27F2N7O2. The lowest BCUT2D eigenvalue weighted by molar-refractivity contribution is -0.137. The van der Waals surface area contributed by atoms with E-state index in [2.05, 4.69) is 37.8 Å². The Morgan fingerprint density at radius 1 is 1.40 bits per heavy atom. The summed E-state index contributed by atoms with van der Waals surface area (Å²) in [5, 5.41) is 13.5. The van der Waals surface area contributed by atoms with Crippen LogP contribution >= 0.6 is 0 Å². The number of carbonyl (C=O) groups is 1. The molecule has 11 heteroatoms. The molecule has 2 aromatic heterocycles. The Morgan fingerprint density at radius 3 is 3.06 bits per heavy atom. The van der Waals surface area contributed by atoms with Crippen LogP contribution in [0.15, 0.2) is 30.7 Å². The van der Waals surface area contributed by atoms with Gasteiger partial charge in [0, 0.05) is 44.2 Å². The first-order valence-corrected chi connectivity index (χ1v) is 11.8. The van der Waals surface area contributed by atoms with Gasteiger partial charge in [-0.2, -0.15) is 15.2 Å². The minimum absolute atomic E-state index is 0.0316. The summed E-state index contributed by atoms with van der Waals surface area (Å²) in [6.07, 6.45) is 2.75. The van der Waals surface area contributed by atoms with Crippen LogP contribution in [0.4, 0.5) is 8.78 Å². The number of pyridine rings is 1. The van der Waals surface area contributed by atoms with Crippen molar-refractivity contribution in [2.45, 2.75) is 42.9 Å². The zero-order valence-corrected chi connectivity index (χ0v) is 19.3. The molecule has 3 aliphatic heterocycles. The third-order valence-electron chi connectivity index (χ3n) is 7.42. The third-order valence-corrected chi connectivity index (χ3v) is 7.42. The van der Waals surface area contributed by atoms with Gasteiger partial charge >= 0.3 is 6.01 Å². The first-order valence-electron chi connectivity index (χ1n) is 11.8. The number of carbonyl (C=O) groups excluding carboxylic acids is 1. The first kappa shape index (κ1) is 23.5. The number of nitrogens with one attached hydrogen (secondary N) is 1. The molecule has 2 aromatic rings. The van der Waals surface area contributed by atoms with Crippen LogP contribution in [0.1, 0.15) is 31.4 Å². The predicted octanol–water partition coefficient (Wildman–Crippen LogP) is 2.00. The lowest BCUT2D eigenvalue weighted by Crippen LogP contribution is -2.61. The lowest BCUT2D eigenvalue weighted by Gasteiger charge is -2.45. The number of nitriles is 1. The van der Waals surface area contributed by atoms with Crippen molar-refractivity contribution in [2.24, 2.45) is 0 Å². The van der Waals surface area contributed by atoms with Gasteiger partial charge in [0.25, 0.3) is 5.91 Å². The minimum Gasteiger partial charge on any atom is -0.461 e. The summed E-state index contributed by atoms with van der Waals surface area (Å²) < 4.78 is 34.3. The number of hydrogen-bond acceptors (Lipinski definition) is 8. The van der Waals surface area contributed by atoms with Crippen LogP contribution in [-0.2, 0) is 10.3 Å². The fourth-order valence-electron chi connectivity index (χ4n) is 5.83. The smallest absolute Gasteiger partial charge is 0.318 e. The molecular weight excluding hydrogens is 456 g/mol. The van der Waals surface area contributed by atoms with Crippen molar-refractivity contribution < 1.29 is 18.3 Å². The fraction of sp³-hybridized carbons (Fsp3) is 0.542. The van der Waals surface area contributed by atoms with Crippen LogP contribution in [0.2, 0.25) is 0 Å². The van der Waals surface area contributed by atoms with E-state index in [-0.39, 0.29) is 32.1 Å². The number of halogens is 2. The number of fused-ring (bicyclic) bond motifs is 2. The monoisotopic (exact) mass is 483 g/mol. The molecule has 5 heterocycles. The number of hydrogen-bond donors (Lipinski definition) is 1. The highest BCUT2D eigenvalue weighted by Crippen LogP contribution is 2.41. The molecule has 0 bridgehead atoms. The molecule has 3 atom stereocenters. The van der Waals surface area contributed by atoms with Crippen LogP contribution in [0.25, 0.3) is 11.0 Å². The maximum absolute atomic E-state index is 14.2. The Hall–Kier alpha value is -3.23. The SMILES string of the molecule is C=C(F)C(=O)N1CCNCC1(CC#N)c1nc(OC[C@@]23CCCN2C[C@H](F)C3)nc2ncccc12. The summed E-state index contributed by atoms with van der Waals surface area (Å²) in [4.78, 5) is 29.8. The molecule has 9 nitrogen and oxygen atoms in total. The molecule has 3 saturated heterocycles. The van der Waals surface area contributed by atoms with Crippen molar-refractivity contribution in [1.29, 1.82) is 5.26 Å².